The molecule has 2 nitrogen and oxygen atoms in total. The van der Waals surface area contributed by atoms with Gasteiger partial charge in [0, 0.05) is 33.7 Å². The lowest BCUT2D eigenvalue weighted by atomic mass is 9.93. The Bertz CT molecular complexity index is 508. The van der Waals surface area contributed by atoms with Gasteiger partial charge in [-0.25, -0.2) is 0 Å². The highest BCUT2D eigenvalue weighted by Crippen LogP contribution is 2.40. The van der Waals surface area contributed by atoms with E-state index in [1.807, 2.05) is 12.4 Å². The van der Waals surface area contributed by atoms with Gasteiger partial charge in [-0.2, -0.15) is 0 Å². The molecule has 2 aromatic rings. The molecule has 0 saturated carbocycles. The van der Waals surface area contributed by atoms with Crippen LogP contribution in [0, 0.1) is 0 Å². The van der Waals surface area contributed by atoms with Crippen LogP contribution in [-0.2, 0) is 0 Å². The third-order valence-electron chi connectivity index (χ3n) is 3.13. The van der Waals surface area contributed by atoms with Gasteiger partial charge in [-0.05, 0) is 62.2 Å². The van der Waals surface area contributed by atoms with Crippen LogP contribution < -0.4 is 5.32 Å². The molecule has 0 aliphatic rings. The van der Waals surface area contributed by atoms with Crippen molar-refractivity contribution in [2.45, 2.75) is 25.8 Å². The van der Waals surface area contributed by atoms with E-state index in [2.05, 4.69) is 74.2 Å². The maximum Gasteiger partial charge on any atom is 0.0843 e. The summed E-state index contributed by atoms with van der Waals surface area (Å²) in [5.74, 6) is 0.403. The fourth-order valence-electron chi connectivity index (χ4n) is 2.12. The zero-order chi connectivity index (χ0) is 13.8. The molecular formula is C14H16Br2N2S. The minimum absolute atomic E-state index is 0.319. The summed E-state index contributed by atoms with van der Waals surface area (Å²) in [5.41, 5.74) is 1.31. The molecule has 0 saturated heterocycles. The SMILES string of the molecule is CCNC(c1cc(Br)c(Br)s1)C(C)c1ccncc1. The first-order valence-electron chi connectivity index (χ1n) is 6.21. The van der Waals surface area contributed by atoms with Crippen LogP contribution in [0.1, 0.15) is 36.2 Å². The minimum Gasteiger partial charge on any atom is -0.309 e. The predicted molar refractivity (Wildman–Crippen MR) is 88.8 cm³/mol. The normalized spacial score (nSPS) is 14.3. The third-order valence-corrected chi connectivity index (χ3v) is 6.47. The number of rotatable bonds is 5. The van der Waals surface area contributed by atoms with E-state index in [4.69, 9.17) is 0 Å². The van der Waals surface area contributed by atoms with Gasteiger partial charge < -0.3 is 5.32 Å². The Morgan fingerprint density at radius 1 is 1.32 bits per heavy atom. The molecule has 2 unspecified atom stereocenters. The molecular weight excluding hydrogens is 388 g/mol. The van der Waals surface area contributed by atoms with Gasteiger partial charge in [-0.1, -0.05) is 13.8 Å². The minimum atomic E-state index is 0.319. The van der Waals surface area contributed by atoms with Crippen LogP contribution in [0.25, 0.3) is 0 Å². The summed E-state index contributed by atoms with van der Waals surface area (Å²) < 4.78 is 2.27. The summed E-state index contributed by atoms with van der Waals surface area (Å²) in [6.45, 7) is 5.35. The molecule has 0 aromatic carbocycles. The number of aromatic nitrogens is 1. The van der Waals surface area contributed by atoms with Crippen molar-refractivity contribution < 1.29 is 0 Å². The zero-order valence-corrected chi connectivity index (χ0v) is 14.8. The smallest absolute Gasteiger partial charge is 0.0843 e. The summed E-state index contributed by atoms with van der Waals surface area (Å²) in [6, 6.07) is 6.69. The van der Waals surface area contributed by atoms with E-state index in [9.17, 15) is 0 Å². The molecule has 0 bridgehead atoms. The maximum atomic E-state index is 4.09. The first-order valence-corrected chi connectivity index (χ1v) is 8.61. The second-order valence-electron chi connectivity index (χ2n) is 4.37. The summed E-state index contributed by atoms with van der Waals surface area (Å²) in [7, 11) is 0. The zero-order valence-electron chi connectivity index (χ0n) is 10.9. The van der Waals surface area contributed by atoms with E-state index in [1.54, 1.807) is 11.3 Å². The highest BCUT2D eigenvalue weighted by molar-refractivity contribution is 9.13. The summed E-state index contributed by atoms with van der Waals surface area (Å²) in [6.07, 6.45) is 3.71. The second kappa shape index (κ2) is 6.97. The molecule has 0 fully saturated rings. The van der Waals surface area contributed by atoms with Crippen LogP contribution in [0.3, 0.4) is 0 Å². The van der Waals surface area contributed by atoms with E-state index in [-0.39, 0.29) is 0 Å². The topological polar surface area (TPSA) is 24.9 Å². The number of halogens is 2. The highest BCUT2D eigenvalue weighted by atomic mass is 79.9. The molecule has 2 aromatic heterocycles. The Labute approximate surface area is 134 Å². The first kappa shape index (κ1) is 15.2. The number of thiophene rings is 1. The van der Waals surface area contributed by atoms with Gasteiger partial charge in [0.2, 0.25) is 0 Å². The maximum absolute atomic E-state index is 4.09. The molecule has 0 amide bonds. The highest BCUT2D eigenvalue weighted by Gasteiger charge is 2.22. The van der Waals surface area contributed by atoms with Crippen LogP contribution in [0.5, 0.6) is 0 Å². The van der Waals surface area contributed by atoms with E-state index in [1.165, 1.54) is 10.4 Å². The van der Waals surface area contributed by atoms with Crippen molar-refractivity contribution in [2.75, 3.05) is 6.54 Å². The van der Waals surface area contributed by atoms with E-state index in [0.29, 0.717) is 12.0 Å². The van der Waals surface area contributed by atoms with Crippen LogP contribution in [0.2, 0.25) is 0 Å². The molecule has 1 N–H and O–H groups in total. The molecule has 0 aliphatic heterocycles. The number of hydrogen-bond donors (Lipinski definition) is 1. The quantitative estimate of drug-likeness (QED) is 0.748. The van der Waals surface area contributed by atoms with Gasteiger partial charge in [0.05, 0.1) is 3.79 Å². The molecule has 0 spiro atoms. The lowest BCUT2D eigenvalue weighted by molar-refractivity contribution is 0.486. The lowest BCUT2D eigenvalue weighted by Crippen LogP contribution is -2.25. The van der Waals surface area contributed by atoms with E-state index >= 15 is 0 Å². The number of pyridine rings is 1. The molecule has 2 atom stereocenters. The second-order valence-corrected chi connectivity index (χ2v) is 7.63. The van der Waals surface area contributed by atoms with Gasteiger partial charge in [-0.15, -0.1) is 11.3 Å². The van der Waals surface area contributed by atoms with Crippen molar-refractivity contribution in [3.63, 3.8) is 0 Å². The van der Waals surface area contributed by atoms with Crippen molar-refractivity contribution in [3.8, 4) is 0 Å². The van der Waals surface area contributed by atoms with Gasteiger partial charge in [0.1, 0.15) is 0 Å². The Morgan fingerprint density at radius 3 is 2.53 bits per heavy atom. The molecule has 5 heteroatoms. The Balaban J connectivity index is 2.29. The Morgan fingerprint density at radius 2 is 2.00 bits per heavy atom. The van der Waals surface area contributed by atoms with Crippen molar-refractivity contribution in [2.24, 2.45) is 0 Å². The van der Waals surface area contributed by atoms with Gasteiger partial charge in [0.15, 0.2) is 0 Å². The van der Waals surface area contributed by atoms with Gasteiger partial charge in [-0.3, -0.25) is 4.98 Å². The van der Waals surface area contributed by atoms with Crippen LogP contribution in [-0.4, -0.2) is 11.5 Å². The molecule has 2 heterocycles. The van der Waals surface area contributed by atoms with Gasteiger partial charge >= 0.3 is 0 Å². The van der Waals surface area contributed by atoms with Crippen LogP contribution in [0.4, 0.5) is 0 Å². The average molecular weight is 404 g/mol. The first-order chi connectivity index (χ1) is 9.13. The molecule has 0 radical (unpaired) electrons. The van der Waals surface area contributed by atoms with E-state index in [0.717, 1.165) is 14.8 Å². The molecule has 2 rings (SSSR count). The Hall–Kier alpha value is -0.230. The van der Waals surface area contributed by atoms with Crippen molar-refractivity contribution in [3.05, 3.63) is 49.3 Å². The monoisotopic (exact) mass is 402 g/mol. The number of likely N-dealkylation sites (N-methyl/N-ethyl adjacent to an activating group) is 1. The van der Waals surface area contributed by atoms with Crippen molar-refractivity contribution in [1.82, 2.24) is 10.3 Å². The third kappa shape index (κ3) is 3.66. The fraction of sp³-hybridized carbons (Fsp3) is 0.357. The predicted octanol–water partition coefficient (Wildman–Crippen LogP) is 5.12. The number of hydrogen-bond acceptors (Lipinski definition) is 3. The standard InChI is InChI=1S/C14H16Br2N2S/c1-3-18-13(12-8-11(15)14(16)19-12)9(2)10-4-6-17-7-5-10/h4-9,13,18H,3H2,1-2H3. The summed E-state index contributed by atoms with van der Waals surface area (Å²) >= 11 is 8.92. The number of nitrogens with zero attached hydrogens (tertiary/aromatic N) is 1. The fourth-order valence-corrected chi connectivity index (χ4v) is 4.39. The summed E-state index contributed by atoms with van der Waals surface area (Å²) in [4.78, 5) is 5.43. The summed E-state index contributed by atoms with van der Waals surface area (Å²) in [5, 5.41) is 3.59. The van der Waals surface area contributed by atoms with Crippen LogP contribution >= 0.6 is 43.2 Å². The average Bonchev–Trinajstić information content (AvgIpc) is 2.76. The van der Waals surface area contributed by atoms with Crippen molar-refractivity contribution >= 4 is 43.2 Å². The number of nitrogens with one attached hydrogen (secondary N) is 1. The lowest BCUT2D eigenvalue weighted by Gasteiger charge is -2.24. The van der Waals surface area contributed by atoms with E-state index < -0.39 is 0 Å². The molecule has 0 aliphatic carbocycles. The van der Waals surface area contributed by atoms with Crippen molar-refractivity contribution in [1.29, 1.82) is 0 Å². The largest absolute Gasteiger partial charge is 0.309 e. The molecule has 19 heavy (non-hydrogen) atoms. The Kier molecular flexibility index (Phi) is 5.57. The molecule has 102 valence electrons. The van der Waals surface area contributed by atoms with Gasteiger partial charge in [0.25, 0.3) is 0 Å². The van der Waals surface area contributed by atoms with Crippen LogP contribution in [0.15, 0.2) is 38.9 Å².